The first-order valence-corrected chi connectivity index (χ1v) is 8.27. The number of aromatic nitrogens is 2. The first kappa shape index (κ1) is 15.7. The van der Waals surface area contributed by atoms with Crippen LogP contribution in [0.3, 0.4) is 0 Å². The maximum absolute atomic E-state index is 4.42. The molecule has 0 aliphatic rings. The molecule has 0 aliphatic heterocycles. The highest BCUT2D eigenvalue weighted by Gasteiger charge is 2.16. The summed E-state index contributed by atoms with van der Waals surface area (Å²) >= 11 is 7.16. The second-order valence-electron chi connectivity index (χ2n) is 4.88. The Hall–Kier alpha value is -0.650. The molecule has 0 amide bonds. The van der Waals surface area contributed by atoms with Gasteiger partial charge in [0, 0.05) is 34.1 Å². The maximum atomic E-state index is 4.42. The number of aryl methyl sites for hydroxylation is 2. The summed E-state index contributed by atoms with van der Waals surface area (Å²) in [7, 11) is 2.00. The molecule has 1 unspecified atom stereocenters. The maximum Gasteiger partial charge on any atom is 0.0596 e. The van der Waals surface area contributed by atoms with Gasteiger partial charge in [-0.2, -0.15) is 5.10 Å². The van der Waals surface area contributed by atoms with E-state index in [0.29, 0.717) is 0 Å². The van der Waals surface area contributed by atoms with Crippen LogP contribution in [0.15, 0.2) is 33.2 Å². The van der Waals surface area contributed by atoms with E-state index in [1.807, 2.05) is 18.7 Å². The first-order chi connectivity index (χ1) is 9.51. The largest absolute Gasteiger partial charge is 0.310 e. The number of hydrogen-bond donors (Lipinski definition) is 1. The van der Waals surface area contributed by atoms with E-state index < -0.39 is 0 Å². The molecule has 0 aliphatic carbocycles. The molecule has 2 rings (SSSR count). The van der Waals surface area contributed by atoms with Crippen LogP contribution in [-0.4, -0.2) is 16.3 Å². The number of rotatable bonds is 5. The van der Waals surface area contributed by atoms with E-state index in [0.717, 1.165) is 27.6 Å². The first-order valence-electron chi connectivity index (χ1n) is 6.69. The highest BCUT2D eigenvalue weighted by Crippen LogP contribution is 2.29. The topological polar surface area (TPSA) is 29.9 Å². The molecule has 20 heavy (non-hydrogen) atoms. The number of halogens is 2. The lowest BCUT2D eigenvalue weighted by atomic mass is 10.0. The number of nitrogens with zero attached hydrogens (tertiary/aromatic N) is 2. The molecule has 5 heteroatoms. The molecule has 0 fully saturated rings. The van der Waals surface area contributed by atoms with Crippen molar-refractivity contribution < 1.29 is 0 Å². The predicted octanol–water partition coefficient (Wildman–Crippen LogP) is 4.15. The predicted molar refractivity (Wildman–Crippen MR) is 89.9 cm³/mol. The fourth-order valence-electron chi connectivity index (χ4n) is 2.39. The van der Waals surface area contributed by atoms with E-state index in [2.05, 4.69) is 73.5 Å². The summed E-state index contributed by atoms with van der Waals surface area (Å²) in [6.45, 7) is 5.10. The Morgan fingerprint density at radius 3 is 2.60 bits per heavy atom. The fourth-order valence-corrected chi connectivity index (χ4v) is 3.71. The lowest BCUT2D eigenvalue weighted by molar-refractivity contribution is 0.527. The van der Waals surface area contributed by atoms with Gasteiger partial charge in [-0.05, 0) is 37.2 Å². The van der Waals surface area contributed by atoms with Gasteiger partial charge in [0.15, 0.2) is 0 Å². The Labute approximate surface area is 137 Å². The second-order valence-corrected chi connectivity index (χ2v) is 6.65. The van der Waals surface area contributed by atoms with Crippen molar-refractivity contribution in [3.8, 4) is 0 Å². The average molecular weight is 401 g/mol. The highest BCUT2D eigenvalue weighted by molar-refractivity contribution is 9.11. The smallest absolute Gasteiger partial charge is 0.0596 e. The van der Waals surface area contributed by atoms with Crippen LogP contribution in [0.25, 0.3) is 0 Å². The molecule has 0 spiro atoms. The number of benzene rings is 1. The summed E-state index contributed by atoms with van der Waals surface area (Å²) in [6, 6.07) is 8.76. The van der Waals surface area contributed by atoms with Crippen LogP contribution >= 0.6 is 31.9 Å². The van der Waals surface area contributed by atoms with Crippen LogP contribution in [0.5, 0.6) is 0 Å². The highest BCUT2D eigenvalue weighted by atomic mass is 79.9. The molecule has 1 atom stereocenters. The third-order valence-corrected chi connectivity index (χ3v) is 4.48. The molecule has 2 aromatic rings. The van der Waals surface area contributed by atoms with Crippen molar-refractivity contribution in [2.24, 2.45) is 7.05 Å². The minimum Gasteiger partial charge on any atom is -0.310 e. The zero-order chi connectivity index (χ0) is 14.7. The number of hydrogen-bond acceptors (Lipinski definition) is 2. The Morgan fingerprint density at radius 1 is 1.30 bits per heavy atom. The quantitative estimate of drug-likeness (QED) is 0.816. The Kier molecular flexibility index (Phi) is 5.41. The van der Waals surface area contributed by atoms with Crippen LogP contribution in [0.4, 0.5) is 0 Å². The third kappa shape index (κ3) is 3.71. The van der Waals surface area contributed by atoms with Gasteiger partial charge in [-0.1, -0.05) is 44.8 Å². The molecule has 0 saturated heterocycles. The fraction of sp³-hybridized carbons (Fsp3) is 0.400. The molecule has 0 bridgehead atoms. The van der Waals surface area contributed by atoms with Crippen LogP contribution in [0.1, 0.15) is 29.9 Å². The minimum atomic E-state index is 0.275. The number of likely N-dealkylation sites (N-methyl/N-ethyl adjacent to an activating group) is 1. The lowest BCUT2D eigenvalue weighted by Gasteiger charge is -2.20. The van der Waals surface area contributed by atoms with Crippen LogP contribution in [0, 0.1) is 6.92 Å². The molecule has 108 valence electrons. The van der Waals surface area contributed by atoms with E-state index in [1.165, 1.54) is 11.3 Å². The van der Waals surface area contributed by atoms with E-state index in [1.54, 1.807) is 0 Å². The molecule has 3 nitrogen and oxygen atoms in total. The van der Waals surface area contributed by atoms with Gasteiger partial charge >= 0.3 is 0 Å². The van der Waals surface area contributed by atoms with Gasteiger partial charge < -0.3 is 5.32 Å². The Bertz CT molecular complexity index is 593. The van der Waals surface area contributed by atoms with Crippen molar-refractivity contribution >= 4 is 31.9 Å². The standard InChI is InChI=1S/C15H19Br2N3/c1-4-18-15(9-12-7-10(2)19-20(12)3)13-6-5-11(16)8-14(13)17/h5-8,15,18H,4,9H2,1-3H3. The van der Waals surface area contributed by atoms with Crippen LogP contribution < -0.4 is 5.32 Å². The lowest BCUT2D eigenvalue weighted by Crippen LogP contribution is -2.24. The van der Waals surface area contributed by atoms with Crippen LogP contribution in [-0.2, 0) is 13.5 Å². The molecular formula is C15H19Br2N3. The molecular weight excluding hydrogens is 382 g/mol. The monoisotopic (exact) mass is 399 g/mol. The molecule has 1 heterocycles. The van der Waals surface area contributed by atoms with E-state index in [4.69, 9.17) is 0 Å². The van der Waals surface area contributed by atoms with Gasteiger partial charge in [0.2, 0.25) is 0 Å². The SMILES string of the molecule is CCNC(Cc1cc(C)nn1C)c1ccc(Br)cc1Br. The minimum absolute atomic E-state index is 0.275. The van der Waals surface area contributed by atoms with E-state index >= 15 is 0 Å². The zero-order valence-corrected chi connectivity index (χ0v) is 15.1. The zero-order valence-electron chi connectivity index (χ0n) is 12.0. The summed E-state index contributed by atoms with van der Waals surface area (Å²) in [5.74, 6) is 0. The van der Waals surface area contributed by atoms with Crippen molar-refractivity contribution in [2.45, 2.75) is 26.3 Å². The summed E-state index contributed by atoms with van der Waals surface area (Å²) in [5.41, 5.74) is 3.57. The van der Waals surface area contributed by atoms with Gasteiger partial charge in [0.25, 0.3) is 0 Å². The Balaban J connectivity index is 2.29. The Morgan fingerprint density at radius 2 is 2.05 bits per heavy atom. The average Bonchev–Trinajstić information content (AvgIpc) is 2.67. The molecule has 0 saturated carbocycles. The summed E-state index contributed by atoms with van der Waals surface area (Å²) in [6.07, 6.45) is 0.922. The third-order valence-electron chi connectivity index (χ3n) is 3.30. The van der Waals surface area contributed by atoms with Crippen LogP contribution in [0.2, 0.25) is 0 Å². The van der Waals surface area contributed by atoms with Crippen molar-refractivity contribution in [2.75, 3.05) is 6.54 Å². The molecule has 1 aromatic carbocycles. The van der Waals surface area contributed by atoms with Crippen molar-refractivity contribution in [3.05, 3.63) is 50.2 Å². The van der Waals surface area contributed by atoms with E-state index in [-0.39, 0.29) is 6.04 Å². The van der Waals surface area contributed by atoms with Crippen molar-refractivity contribution in [1.29, 1.82) is 0 Å². The molecule has 0 radical (unpaired) electrons. The van der Waals surface area contributed by atoms with Gasteiger partial charge in [-0.3, -0.25) is 4.68 Å². The van der Waals surface area contributed by atoms with Crippen molar-refractivity contribution in [3.63, 3.8) is 0 Å². The molecule has 1 aromatic heterocycles. The number of nitrogens with one attached hydrogen (secondary N) is 1. The second kappa shape index (κ2) is 6.87. The van der Waals surface area contributed by atoms with Gasteiger partial charge in [0.05, 0.1) is 5.69 Å². The van der Waals surface area contributed by atoms with E-state index in [9.17, 15) is 0 Å². The van der Waals surface area contributed by atoms with Crippen molar-refractivity contribution in [1.82, 2.24) is 15.1 Å². The summed E-state index contributed by atoms with van der Waals surface area (Å²) in [4.78, 5) is 0. The summed E-state index contributed by atoms with van der Waals surface area (Å²) in [5, 5.41) is 7.98. The van der Waals surface area contributed by atoms with Gasteiger partial charge in [-0.15, -0.1) is 0 Å². The summed E-state index contributed by atoms with van der Waals surface area (Å²) < 4.78 is 4.17. The normalized spacial score (nSPS) is 12.7. The van der Waals surface area contributed by atoms with Gasteiger partial charge in [0.1, 0.15) is 0 Å². The van der Waals surface area contributed by atoms with Gasteiger partial charge in [-0.25, -0.2) is 0 Å². The molecule has 1 N–H and O–H groups in total.